The molecule has 3 rings (SSSR count). The number of fused-ring (bicyclic) bond motifs is 3. The number of rotatable bonds is 1. The van der Waals surface area contributed by atoms with Gasteiger partial charge in [0.2, 0.25) is 0 Å². The van der Waals surface area contributed by atoms with E-state index in [1.165, 1.54) is 7.11 Å². The second-order valence-corrected chi connectivity index (χ2v) is 4.65. The molecule has 2 aromatic rings. The summed E-state index contributed by atoms with van der Waals surface area (Å²) in [6, 6.07) is 6.78. The number of methoxy groups -OCH3 is 1. The second kappa shape index (κ2) is 4.16. The Bertz CT molecular complexity index is 792. The molecule has 1 N–H and O–H groups in total. The minimum Gasteiger partial charge on any atom is -0.465 e. The van der Waals surface area contributed by atoms with E-state index in [9.17, 15) is 14.4 Å². The molecule has 0 bridgehead atoms. The van der Waals surface area contributed by atoms with Gasteiger partial charge in [0, 0.05) is 0 Å². The van der Waals surface area contributed by atoms with Crippen molar-refractivity contribution < 1.29 is 19.1 Å². The first-order valence-electron chi connectivity index (χ1n) is 6.04. The highest BCUT2D eigenvalue weighted by atomic mass is 16.5. The predicted octanol–water partition coefficient (Wildman–Crippen LogP) is 1.82. The van der Waals surface area contributed by atoms with Gasteiger partial charge in [0.1, 0.15) is 0 Å². The number of hydrogen-bond donors (Lipinski definition) is 1. The van der Waals surface area contributed by atoms with E-state index in [1.54, 1.807) is 25.1 Å². The standard InChI is InChI=1S/C15H11NO4/c1-7-5-8-3-4-9(15(19)20-2)6-10(8)12-11(7)13(17)16-14(12)18/h3-6H,1-2H3,(H,16,17,18). The van der Waals surface area contributed by atoms with Crippen molar-refractivity contribution in [2.45, 2.75) is 6.92 Å². The summed E-state index contributed by atoms with van der Waals surface area (Å²) in [5.41, 5.74) is 1.79. The molecule has 0 unspecified atom stereocenters. The number of amides is 2. The van der Waals surface area contributed by atoms with Crippen molar-refractivity contribution in [3.05, 3.63) is 46.5 Å². The fourth-order valence-corrected chi connectivity index (χ4v) is 2.54. The Labute approximate surface area is 114 Å². The summed E-state index contributed by atoms with van der Waals surface area (Å²) in [6.07, 6.45) is 0. The van der Waals surface area contributed by atoms with Crippen LogP contribution in [0, 0.1) is 6.92 Å². The maximum absolute atomic E-state index is 11.9. The monoisotopic (exact) mass is 269 g/mol. The third kappa shape index (κ3) is 1.60. The number of aryl methyl sites for hydroxylation is 1. The smallest absolute Gasteiger partial charge is 0.337 e. The van der Waals surface area contributed by atoms with Gasteiger partial charge in [-0.2, -0.15) is 0 Å². The van der Waals surface area contributed by atoms with E-state index >= 15 is 0 Å². The first-order valence-corrected chi connectivity index (χ1v) is 6.04. The summed E-state index contributed by atoms with van der Waals surface area (Å²) >= 11 is 0. The molecule has 100 valence electrons. The zero-order chi connectivity index (χ0) is 14.4. The minimum absolute atomic E-state index is 0.329. The Morgan fingerprint density at radius 2 is 1.80 bits per heavy atom. The van der Waals surface area contributed by atoms with Crippen LogP contribution in [0.5, 0.6) is 0 Å². The van der Waals surface area contributed by atoms with Crippen molar-refractivity contribution in [2.24, 2.45) is 0 Å². The van der Waals surface area contributed by atoms with E-state index in [0.29, 0.717) is 22.1 Å². The SMILES string of the molecule is COC(=O)c1ccc2cc(C)c3c(c2c1)C(=O)NC3=O. The van der Waals surface area contributed by atoms with E-state index in [-0.39, 0.29) is 0 Å². The van der Waals surface area contributed by atoms with Gasteiger partial charge in [0.15, 0.2) is 0 Å². The van der Waals surface area contributed by atoms with Gasteiger partial charge in [-0.25, -0.2) is 4.79 Å². The highest BCUT2D eigenvalue weighted by Gasteiger charge is 2.30. The average molecular weight is 269 g/mol. The molecule has 5 heteroatoms. The number of nitrogens with one attached hydrogen (secondary N) is 1. The summed E-state index contributed by atoms with van der Waals surface area (Å²) in [6.45, 7) is 1.78. The van der Waals surface area contributed by atoms with Crippen molar-refractivity contribution in [1.82, 2.24) is 5.32 Å². The summed E-state index contributed by atoms with van der Waals surface area (Å²) in [5.74, 6) is -1.31. The lowest BCUT2D eigenvalue weighted by Gasteiger charge is -2.07. The summed E-state index contributed by atoms with van der Waals surface area (Å²) in [4.78, 5) is 35.3. The van der Waals surface area contributed by atoms with Gasteiger partial charge in [0.05, 0.1) is 23.8 Å². The fourth-order valence-electron chi connectivity index (χ4n) is 2.54. The Balaban J connectivity index is 2.38. The number of ether oxygens (including phenoxy) is 1. The van der Waals surface area contributed by atoms with Gasteiger partial charge in [-0.05, 0) is 35.4 Å². The van der Waals surface area contributed by atoms with Crippen LogP contribution in [-0.4, -0.2) is 24.9 Å². The first-order chi connectivity index (χ1) is 9.52. The summed E-state index contributed by atoms with van der Waals surface area (Å²) in [5, 5.41) is 3.67. The molecule has 2 aromatic carbocycles. The molecule has 5 nitrogen and oxygen atoms in total. The van der Waals surface area contributed by atoms with Crippen molar-refractivity contribution in [2.75, 3.05) is 7.11 Å². The maximum Gasteiger partial charge on any atom is 0.337 e. The van der Waals surface area contributed by atoms with Crippen LogP contribution in [0.1, 0.15) is 36.6 Å². The van der Waals surface area contributed by atoms with E-state index < -0.39 is 17.8 Å². The van der Waals surface area contributed by atoms with Crippen LogP contribution >= 0.6 is 0 Å². The predicted molar refractivity (Wildman–Crippen MR) is 71.8 cm³/mol. The molecule has 0 spiro atoms. The molecule has 0 atom stereocenters. The molecule has 0 aromatic heterocycles. The molecular weight excluding hydrogens is 258 g/mol. The molecule has 1 aliphatic rings. The zero-order valence-electron chi connectivity index (χ0n) is 10.9. The molecule has 0 aliphatic carbocycles. The van der Waals surface area contributed by atoms with Gasteiger partial charge < -0.3 is 4.74 Å². The van der Waals surface area contributed by atoms with E-state index in [1.807, 2.05) is 6.07 Å². The zero-order valence-corrected chi connectivity index (χ0v) is 10.9. The van der Waals surface area contributed by atoms with Crippen molar-refractivity contribution in [3.63, 3.8) is 0 Å². The van der Waals surface area contributed by atoms with E-state index in [2.05, 4.69) is 10.1 Å². The molecule has 1 aliphatic heterocycles. The average Bonchev–Trinajstić information content (AvgIpc) is 2.74. The van der Waals surface area contributed by atoms with E-state index in [0.717, 1.165) is 10.9 Å². The summed E-state index contributed by atoms with van der Waals surface area (Å²) < 4.78 is 4.67. The molecule has 0 saturated carbocycles. The number of carbonyl (C=O) groups excluding carboxylic acids is 3. The Morgan fingerprint density at radius 1 is 1.10 bits per heavy atom. The topological polar surface area (TPSA) is 72.5 Å². The third-order valence-corrected chi connectivity index (χ3v) is 3.44. The molecule has 2 amide bonds. The van der Waals surface area contributed by atoms with Crippen LogP contribution in [-0.2, 0) is 4.74 Å². The molecule has 0 saturated heterocycles. The number of benzene rings is 2. The number of esters is 1. The number of imide groups is 1. The van der Waals surface area contributed by atoms with Crippen LogP contribution in [0.4, 0.5) is 0 Å². The van der Waals surface area contributed by atoms with Gasteiger partial charge in [0.25, 0.3) is 11.8 Å². The highest BCUT2D eigenvalue weighted by Crippen LogP contribution is 2.30. The second-order valence-electron chi connectivity index (χ2n) is 4.65. The lowest BCUT2D eigenvalue weighted by Crippen LogP contribution is -2.20. The maximum atomic E-state index is 11.9. The fraction of sp³-hybridized carbons (Fsp3) is 0.133. The Hall–Kier alpha value is -2.69. The largest absolute Gasteiger partial charge is 0.465 e. The van der Waals surface area contributed by atoms with Crippen LogP contribution in [0.2, 0.25) is 0 Å². The van der Waals surface area contributed by atoms with E-state index in [4.69, 9.17) is 0 Å². The van der Waals surface area contributed by atoms with Crippen LogP contribution in [0.15, 0.2) is 24.3 Å². The molecular formula is C15H11NO4. The third-order valence-electron chi connectivity index (χ3n) is 3.44. The van der Waals surface area contributed by atoms with Crippen LogP contribution in [0.3, 0.4) is 0 Å². The normalized spacial score (nSPS) is 13.3. The van der Waals surface area contributed by atoms with Gasteiger partial charge in [-0.15, -0.1) is 0 Å². The lowest BCUT2D eigenvalue weighted by molar-refractivity contribution is 0.0600. The van der Waals surface area contributed by atoms with Gasteiger partial charge in [-0.1, -0.05) is 12.1 Å². The first kappa shape index (κ1) is 12.3. The lowest BCUT2D eigenvalue weighted by atomic mass is 9.95. The Morgan fingerprint density at radius 3 is 2.50 bits per heavy atom. The minimum atomic E-state index is -0.481. The summed E-state index contributed by atoms with van der Waals surface area (Å²) in [7, 11) is 1.29. The molecule has 1 heterocycles. The van der Waals surface area contributed by atoms with Gasteiger partial charge >= 0.3 is 5.97 Å². The van der Waals surface area contributed by atoms with Crippen molar-refractivity contribution in [1.29, 1.82) is 0 Å². The van der Waals surface area contributed by atoms with Crippen molar-refractivity contribution in [3.8, 4) is 0 Å². The number of hydrogen-bond acceptors (Lipinski definition) is 4. The number of carbonyl (C=O) groups is 3. The molecule has 0 radical (unpaired) electrons. The van der Waals surface area contributed by atoms with Crippen LogP contribution in [0.25, 0.3) is 10.8 Å². The Kier molecular flexibility index (Phi) is 2.57. The van der Waals surface area contributed by atoms with Gasteiger partial charge in [-0.3, -0.25) is 14.9 Å². The highest BCUT2D eigenvalue weighted by molar-refractivity contribution is 6.27. The molecule has 0 fully saturated rings. The quantitative estimate of drug-likeness (QED) is 0.633. The molecule has 20 heavy (non-hydrogen) atoms. The van der Waals surface area contributed by atoms with Crippen molar-refractivity contribution >= 4 is 28.6 Å². The van der Waals surface area contributed by atoms with Crippen LogP contribution < -0.4 is 5.32 Å².